The predicted octanol–water partition coefficient (Wildman–Crippen LogP) is 0.948. The highest BCUT2D eigenvalue weighted by Gasteiger charge is 2.11. The minimum atomic E-state index is -0.560. The molecule has 0 unspecified atom stereocenters. The summed E-state index contributed by atoms with van der Waals surface area (Å²) in [5, 5.41) is 4.10. The van der Waals surface area contributed by atoms with E-state index in [1.54, 1.807) is 22.9 Å². The molecule has 0 saturated heterocycles. The molecular formula is C13H17N5O2. The molecule has 20 heavy (non-hydrogen) atoms. The van der Waals surface area contributed by atoms with Crippen LogP contribution in [0.3, 0.4) is 0 Å². The second kappa shape index (κ2) is 6.05. The van der Waals surface area contributed by atoms with Crippen molar-refractivity contribution in [1.82, 2.24) is 14.8 Å². The third kappa shape index (κ3) is 3.05. The van der Waals surface area contributed by atoms with E-state index in [0.717, 1.165) is 13.0 Å². The molecule has 0 aliphatic carbocycles. The molecule has 4 N–H and O–H groups in total. The standard InChI is InChI=1S/C13H17N5O2/c1-2-5-18-12(16-8-17-18)7-20-11-6-9(14)3-4-10(11)13(15)19/h3-4,6,8H,2,5,7,14H2,1H3,(H2,15,19). The van der Waals surface area contributed by atoms with Crippen molar-refractivity contribution >= 4 is 11.6 Å². The quantitative estimate of drug-likeness (QED) is 0.763. The van der Waals surface area contributed by atoms with Gasteiger partial charge in [-0.15, -0.1) is 0 Å². The largest absolute Gasteiger partial charge is 0.485 e. The van der Waals surface area contributed by atoms with Gasteiger partial charge in [-0.05, 0) is 18.6 Å². The third-order valence-electron chi connectivity index (χ3n) is 2.76. The van der Waals surface area contributed by atoms with Gasteiger partial charge in [0.2, 0.25) is 0 Å². The van der Waals surface area contributed by atoms with Crippen LogP contribution in [-0.2, 0) is 13.2 Å². The van der Waals surface area contributed by atoms with E-state index in [1.807, 2.05) is 0 Å². The molecule has 0 fully saturated rings. The molecule has 1 aromatic heterocycles. The fourth-order valence-electron chi connectivity index (χ4n) is 1.80. The summed E-state index contributed by atoms with van der Waals surface area (Å²) >= 11 is 0. The number of carbonyl (C=O) groups is 1. The second-order valence-corrected chi connectivity index (χ2v) is 4.31. The Hall–Kier alpha value is -2.57. The molecule has 0 spiro atoms. The molecule has 0 atom stereocenters. The Bertz CT molecular complexity index is 609. The van der Waals surface area contributed by atoms with E-state index in [4.69, 9.17) is 16.2 Å². The van der Waals surface area contributed by atoms with Crippen molar-refractivity contribution in [3.63, 3.8) is 0 Å². The highest BCUT2D eigenvalue weighted by Crippen LogP contribution is 2.22. The van der Waals surface area contributed by atoms with Crippen LogP contribution in [0.15, 0.2) is 24.5 Å². The smallest absolute Gasteiger partial charge is 0.252 e. The summed E-state index contributed by atoms with van der Waals surface area (Å²) in [5.74, 6) is 0.475. The zero-order valence-corrected chi connectivity index (χ0v) is 11.2. The summed E-state index contributed by atoms with van der Waals surface area (Å²) in [7, 11) is 0. The molecule has 0 radical (unpaired) electrons. The first kappa shape index (κ1) is 13.9. The first-order valence-electron chi connectivity index (χ1n) is 6.30. The Morgan fingerprint density at radius 3 is 2.95 bits per heavy atom. The van der Waals surface area contributed by atoms with Gasteiger partial charge >= 0.3 is 0 Å². The van der Waals surface area contributed by atoms with Crippen LogP contribution in [0.5, 0.6) is 5.75 Å². The van der Waals surface area contributed by atoms with Crippen molar-refractivity contribution in [2.24, 2.45) is 5.73 Å². The summed E-state index contributed by atoms with van der Waals surface area (Å²) in [6.45, 7) is 3.01. The van der Waals surface area contributed by atoms with Gasteiger partial charge in [-0.2, -0.15) is 5.10 Å². The summed E-state index contributed by atoms with van der Waals surface area (Å²) in [4.78, 5) is 15.5. The summed E-state index contributed by atoms with van der Waals surface area (Å²) in [5.41, 5.74) is 11.8. The van der Waals surface area contributed by atoms with Crippen LogP contribution in [0, 0.1) is 0 Å². The molecule has 1 aromatic carbocycles. The first-order chi connectivity index (χ1) is 9.61. The molecule has 0 bridgehead atoms. The van der Waals surface area contributed by atoms with Gasteiger partial charge < -0.3 is 16.2 Å². The number of aryl methyl sites for hydroxylation is 1. The van der Waals surface area contributed by atoms with Crippen LogP contribution >= 0.6 is 0 Å². The molecule has 1 heterocycles. The second-order valence-electron chi connectivity index (χ2n) is 4.31. The number of primary amides is 1. The molecular weight excluding hydrogens is 258 g/mol. The van der Waals surface area contributed by atoms with E-state index < -0.39 is 5.91 Å². The lowest BCUT2D eigenvalue weighted by molar-refractivity contribution is 0.0995. The topological polar surface area (TPSA) is 109 Å². The Morgan fingerprint density at radius 2 is 2.25 bits per heavy atom. The number of nitrogens with two attached hydrogens (primary N) is 2. The van der Waals surface area contributed by atoms with E-state index in [-0.39, 0.29) is 6.61 Å². The van der Waals surface area contributed by atoms with Crippen LogP contribution in [-0.4, -0.2) is 20.7 Å². The zero-order valence-electron chi connectivity index (χ0n) is 11.2. The van der Waals surface area contributed by atoms with Gasteiger partial charge in [-0.1, -0.05) is 6.92 Å². The summed E-state index contributed by atoms with van der Waals surface area (Å²) in [6.07, 6.45) is 2.42. The van der Waals surface area contributed by atoms with Crippen molar-refractivity contribution in [2.45, 2.75) is 26.5 Å². The molecule has 106 valence electrons. The molecule has 7 heteroatoms. The lowest BCUT2D eigenvalue weighted by Gasteiger charge is -2.10. The SMILES string of the molecule is CCCn1ncnc1COc1cc(N)ccc1C(N)=O. The van der Waals surface area contributed by atoms with Crippen molar-refractivity contribution in [1.29, 1.82) is 0 Å². The first-order valence-corrected chi connectivity index (χ1v) is 6.30. The molecule has 0 aliphatic heterocycles. The molecule has 0 saturated carbocycles. The van der Waals surface area contributed by atoms with E-state index in [1.165, 1.54) is 6.33 Å². The number of ether oxygens (including phenoxy) is 1. The summed E-state index contributed by atoms with van der Waals surface area (Å²) < 4.78 is 7.37. The Balaban J connectivity index is 2.16. The Kier molecular flexibility index (Phi) is 4.19. The highest BCUT2D eigenvalue weighted by atomic mass is 16.5. The number of benzene rings is 1. The molecule has 2 aromatic rings. The third-order valence-corrected chi connectivity index (χ3v) is 2.76. The van der Waals surface area contributed by atoms with E-state index in [0.29, 0.717) is 22.8 Å². The van der Waals surface area contributed by atoms with E-state index in [9.17, 15) is 4.79 Å². The molecule has 0 aliphatic rings. The van der Waals surface area contributed by atoms with Gasteiger partial charge in [-0.3, -0.25) is 4.79 Å². The van der Waals surface area contributed by atoms with Gasteiger partial charge in [0.25, 0.3) is 5.91 Å². The average molecular weight is 275 g/mol. The maximum absolute atomic E-state index is 11.3. The van der Waals surface area contributed by atoms with Gasteiger partial charge in [0.1, 0.15) is 18.7 Å². The highest BCUT2D eigenvalue weighted by molar-refractivity contribution is 5.96. The molecule has 7 nitrogen and oxygen atoms in total. The zero-order chi connectivity index (χ0) is 14.5. The van der Waals surface area contributed by atoms with Crippen molar-refractivity contribution < 1.29 is 9.53 Å². The average Bonchev–Trinajstić information content (AvgIpc) is 2.84. The van der Waals surface area contributed by atoms with Crippen LogP contribution in [0.4, 0.5) is 5.69 Å². The van der Waals surface area contributed by atoms with Gasteiger partial charge in [0.15, 0.2) is 5.82 Å². The molecule has 2 rings (SSSR count). The number of carbonyl (C=O) groups excluding carboxylic acids is 1. The number of hydrogen-bond acceptors (Lipinski definition) is 5. The van der Waals surface area contributed by atoms with Gasteiger partial charge in [-0.25, -0.2) is 9.67 Å². The maximum atomic E-state index is 11.3. The van der Waals surface area contributed by atoms with Crippen LogP contribution in [0.2, 0.25) is 0 Å². The van der Waals surface area contributed by atoms with Crippen LogP contribution < -0.4 is 16.2 Å². The number of anilines is 1. The van der Waals surface area contributed by atoms with Gasteiger partial charge in [0, 0.05) is 18.3 Å². The van der Waals surface area contributed by atoms with Gasteiger partial charge in [0.05, 0.1) is 5.56 Å². The van der Waals surface area contributed by atoms with E-state index >= 15 is 0 Å². The lowest BCUT2D eigenvalue weighted by Crippen LogP contribution is -2.14. The van der Waals surface area contributed by atoms with Crippen LogP contribution in [0.1, 0.15) is 29.5 Å². The number of aromatic nitrogens is 3. The predicted molar refractivity (Wildman–Crippen MR) is 74.0 cm³/mol. The number of hydrogen-bond donors (Lipinski definition) is 2. The fourth-order valence-corrected chi connectivity index (χ4v) is 1.80. The van der Waals surface area contributed by atoms with Crippen molar-refractivity contribution in [2.75, 3.05) is 5.73 Å². The number of nitrogens with zero attached hydrogens (tertiary/aromatic N) is 3. The van der Waals surface area contributed by atoms with E-state index in [2.05, 4.69) is 17.0 Å². The normalized spacial score (nSPS) is 10.4. The number of rotatable bonds is 6. The van der Waals surface area contributed by atoms with Crippen molar-refractivity contribution in [3.8, 4) is 5.75 Å². The minimum absolute atomic E-state index is 0.198. The van der Waals surface area contributed by atoms with Crippen LogP contribution in [0.25, 0.3) is 0 Å². The Morgan fingerprint density at radius 1 is 1.45 bits per heavy atom. The maximum Gasteiger partial charge on any atom is 0.252 e. The Labute approximate surface area is 116 Å². The minimum Gasteiger partial charge on any atom is -0.485 e. The molecule has 1 amide bonds. The summed E-state index contributed by atoms with van der Waals surface area (Å²) in [6, 6.07) is 4.72. The number of nitrogen functional groups attached to an aromatic ring is 1. The monoisotopic (exact) mass is 275 g/mol. The number of amides is 1. The van der Waals surface area contributed by atoms with Crippen molar-refractivity contribution in [3.05, 3.63) is 35.9 Å². The lowest BCUT2D eigenvalue weighted by atomic mass is 10.1. The fraction of sp³-hybridized carbons (Fsp3) is 0.308.